The van der Waals surface area contributed by atoms with E-state index in [9.17, 15) is 10.1 Å². The highest BCUT2D eigenvalue weighted by Crippen LogP contribution is 2.23. The fourth-order valence-electron chi connectivity index (χ4n) is 3.20. The second kappa shape index (κ2) is 9.54. The standard InChI is InChI=1S/C26H21N5O/c1-19(26(32)28-24-10-6-3-7-11-24)31-18-25(29-30-31)22-14-12-21(13-15-22)23(17-27)16-20-8-4-2-5-9-20/h2-16,18-19H,1H3,(H,28,32)/b23-16+. The minimum Gasteiger partial charge on any atom is -0.324 e. The lowest BCUT2D eigenvalue weighted by Gasteiger charge is -2.11. The summed E-state index contributed by atoms with van der Waals surface area (Å²) < 4.78 is 1.54. The van der Waals surface area contributed by atoms with E-state index < -0.39 is 6.04 Å². The number of hydrogen-bond donors (Lipinski definition) is 1. The number of hydrogen-bond acceptors (Lipinski definition) is 4. The van der Waals surface area contributed by atoms with Crippen LogP contribution in [0.4, 0.5) is 5.69 Å². The summed E-state index contributed by atoms with van der Waals surface area (Å²) in [7, 11) is 0. The molecule has 4 rings (SSSR count). The van der Waals surface area contributed by atoms with Crippen LogP contribution in [0.15, 0.2) is 91.1 Å². The maximum atomic E-state index is 12.5. The van der Waals surface area contributed by atoms with Gasteiger partial charge < -0.3 is 5.32 Å². The van der Waals surface area contributed by atoms with Crippen LogP contribution in [0.5, 0.6) is 0 Å². The van der Waals surface area contributed by atoms with E-state index in [1.807, 2.05) is 91.0 Å². The molecule has 1 atom stereocenters. The smallest absolute Gasteiger partial charge is 0.249 e. The summed E-state index contributed by atoms with van der Waals surface area (Å²) in [6.45, 7) is 1.77. The molecule has 156 valence electrons. The number of anilines is 1. The molecule has 3 aromatic carbocycles. The molecule has 0 aliphatic heterocycles. The Morgan fingerprint density at radius 1 is 1.00 bits per heavy atom. The van der Waals surface area contributed by atoms with Crippen molar-refractivity contribution in [3.8, 4) is 17.3 Å². The van der Waals surface area contributed by atoms with Gasteiger partial charge in [-0.3, -0.25) is 4.79 Å². The van der Waals surface area contributed by atoms with E-state index in [4.69, 9.17) is 0 Å². The summed E-state index contributed by atoms with van der Waals surface area (Å²) in [5.41, 5.74) is 4.62. The first-order valence-corrected chi connectivity index (χ1v) is 10.2. The zero-order valence-electron chi connectivity index (χ0n) is 17.5. The van der Waals surface area contributed by atoms with Crippen molar-refractivity contribution in [1.82, 2.24) is 15.0 Å². The summed E-state index contributed by atoms with van der Waals surface area (Å²) in [5, 5.41) is 20.8. The normalized spacial score (nSPS) is 12.1. The van der Waals surface area contributed by atoms with E-state index in [1.54, 1.807) is 13.1 Å². The van der Waals surface area contributed by atoms with Crippen molar-refractivity contribution in [1.29, 1.82) is 5.26 Å². The molecule has 0 saturated heterocycles. The van der Waals surface area contributed by atoms with Gasteiger partial charge in [-0.15, -0.1) is 5.10 Å². The molecule has 0 fully saturated rings. The molecule has 0 spiro atoms. The molecule has 32 heavy (non-hydrogen) atoms. The van der Waals surface area contributed by atoms with Crippen LogP contribution in [-0.2, 0) is 4.79 Å². The highest BCUT2D eigenvalue weighted by atomic mass is 16.2. The highest BCUT2D eigenvalue weighted by molar-refractivity contribution is 5.93. The minimum absolute atomic E-state index is 0.173. The fraction of sp³-hybridized carbons (Fsp3) is 0.0769. The van der Waals surface area contributed by atoms with E-state index in [-0.39, 0.29) is 5.91 Å². The van der Waals surface area contributed by atoms with E-state index >= 15 is 0 Å². The molecule has 1 unspecified atom stereocenters. The van der Waals surface area contributed by atoms with E-state index in [0.29, 0.717) is 11.3 Å². The number of carbonyl (C=O) groups is 1. The van der Waals surface area contributed by atoms with Gasteiger partial charge in [0.2, 0.25) is 5.91 Å². The quantitative estimate of drug-likeness (QED) is 0.343. The number of aromatic nitrogens is 3. The Morgan fingerprint density at radius 3 is 2.31 bits per heavy atom. The molecule has 6 nitrogen and oxygen atoms in total. The van der Waals surface area contributed by atoms with E-state index in [0.717, 1.165) is 22.4 Å². The first-order chi connectivity index (χ1) is 15.6. The first kappa shape index (κ1) is 20.8. The number of nitrogens with zero attached hydrogens (tertiary/aromatic N) is 4. The minimum atomic E-state index is -0.519. The molecule has 1 N–H and O–H groups in total. The molecule has 1 heterocycles. The first-order valence-electron chi connectivity index (χ1n) is 10.2. The van der Waals surface area contributed by atoms with Crippen LogP contribution in [-0.4, -0.2) is 20.9 Å². The molecule has 0 aliphatic rings. The third-order valence-electron chi connectivity index (χ3n) is 5.05. The summed E-state index contributed by atoms with van der Waals surface area (Å²) in [4.78, 5) is 12.5. The van der Waals surface area contributed by atoms with Crippen molar-refractivity contribution >= 4 is 23.2 Å². The number of nitrogens with one attached hydrogen (secondary N) is 1. The summed E-state index contributed by atoms with van der Waals surface area (Å²) in [6, 6.07) is 28.3. The zero-order chi connectivity index (χ0) is 22.3. The van der Waals surface area contributed by atoms with Gasteiger partial charge in [-0.05, 0) is 36.3 Å². The van der Waals surface area contributed by atoms with Crippen molar-refractivity contribution in [3.63, 3.8) is 0 Å². The predicted octanol–water partition coefficient (Wildman–Crippen LogP) is 5.21. The maximum Gasteiger partial charge on any atom is 0.249 e. The molecular formula is C26H21N5O. The fourth-order valence-corrected chi connectivity index (χ4v) is 3.20. The largest absolute Gasteiger partial charge is 0.324 e. The third kappa shape index (κ3) is 4.79. The molecule has 6 heteroatoms. The van der Waals surface area contributed by atoms with Crippen LogP contribution in [0.2, 0.25) is 0 Å². The highest BCUT2D eigenvalue weighted by Gasteiger charge is 2.17. The molecule has 0 bridgehead atoms. The molecule has 0 saturated carbocycles. The maximum absolute atomic E-state index is 12.5. The lowest BCUT2D eigenvalue weighted by atomic mass is 10.0. The second-order valence-corrected chi connectivity index (χ2v) is 7.27. The SMILES string of the molecule is CC(C(=O)Nc1ccccc1)n1cc(-c2ccc(/C(C#N)=C/c3ccccc3)cc2)nn1. The summed E-state index contributed by atoms with van der Waals surface area (Å²) in [5.74, 6) is -0.173. The molecular weight excluding hydrogens is 398 g/mol. The zero-order valence-corrected chi connectivity index (χ0v) is 17.5. The van der Waals surface area contributed by atoms with Crippen LogP contribution in [0.3, 0.4) is 0 Å². The monoisotopic (exact) mass is 419 g/mol. The Kier molecular flexibility index (Phi) is 6.19. The van der Waals surface area contributed by atoms with Gasteiger partial charge in [0.15, 0.2) is 0 Å². The van der Waals surface area contributed by atoms with Crippen molar-refractivity contribution in [2.45, 2.75) is 13.0 Å². The van der Waals surface area contributed by atoms with Gasteiger partial charge in [-0.25, -0.2) is 4.68 Å². The van der Waals surface area contributed by atoms with Crippen molar-refractivity contribution in [3.05, 3.63) is 102 Å². The van der Waals surface area contributed by atoms with Crippen LogP contribution in [0.25, 0.3) is 22.9 Å². The Bertz CT molecular complexity index is 1270. The number of para-hydroxylation sites is 1. The number of rotatable bonds is 6. The van der Waals surface area contributed by atoms with Crippen molar-refractivity contribution in [2.24, 2.45) is 0 Å². The molecule has 0 radical (unpaired) electrons. The Morgan fingerprint density at radius 2 is 1.66 bits per heavy atom. The summed E-state index contributed by atoms with van der Waals surface area (Å²) >= 11 is 0. The van der Waals surface area contributed by atoms with E-state index in [1.165, 1.54) is 4.68 Å². The van der Waals surface area contributed by atoms with Gasteiger partial charge in [0.25, 0.3) is 0 Å². The number of nitriles is 1. The van der Waals surface area contributed by atoms with E-state index in [2.05, 4.69) is 21.7 Å². The third-order valence-corrected chi connectivity index (χ3v) is 5.05. The number of benzene rings is 3. The van der Waals surface area contributed by atoms with Crippen LogP contribution in [0, 0.1) is 11.3 Å². The van der Waals surface area contributed by atoms with Crippen LogP contribution in [0.1, 0.15) is 24.1 Å². The number of carbonyl (C=O) groups excluding carboxylic acids is 1. The van der Waals surface area contributed by atoms with Crippen molar-refractivity contribution in [2.75, 3.05) is 5.32 Å². The van der Waals surface area contributed by atoms with Gasteiger partial charge in [-0.1, -0.05) is 78.0 Å². The van der Waals surface area contributed by atoms with Crippen molar-refractivity contribution < 1.29 is 4.79 Å². The molecule has 1 aromatic heterocycles. The van der Waals surface area contributed by atoms with Crippen LogP contribution < -0.4 is 5.32 Å². The van der Waals surface area contributed by atoms with Gasteiger partial charge in [0, 0.05) is 11.3 Å². The van der Waals surface area contributed by atoms with Gasteiger partial charge >= 0.3 is 0 Å². The summed E-state index contributed by atoms with van der Waals surface area (Å²) in [6.07, 6.45) is 3.60. The Labute approximate surface area is 186 Å². The predicted molar refractivity (Wildman–Crippen MR) is 125 cm³/mol. The topological polar surface area (TPSA) is 83.6 Å². The molecule has 1 amide bonds. The second-order valence-electron chi connectivity index (χ2n) is 7.27. The lowest BCUT2D eigenvalue weighted by Crippen LogP contribution is -2.24. The Balaban J connectivity index is 1.49. The average molecular weight is 419 g/mol. The Hall–Kier alpha value is -4.50. The van der Waals surface area contributed by atoms with Gasteiger partial charge in [0.1, 0.15) is 11.7 Å². The van der Waals surface area contributed by atoms with Crippen LogP contribution >= 0.6 is 0 Å². The lowest BCUT2D eigenvalue weighted by molar-refractivity contribution is -0.119. The average Bonchev–Trinajstić information content (AvgIpc) is 3.34. The van der Waals surface area contributed by atoms with Gasteiger partial charge in [0.05, 0.1) is 17.8 Å². The number of amides is 1. The molecule has 0 aliphatic carbocycles. The number of allylic oxidation sites excluding steroid dienone is 1. The van der Waals surface area contributed by atoms with Gasteiger partial charge in [-0.2, -0.15) is 5.26 Å². The molecule has 4 aromatic rings.